The van der Waals surface area contributed by atoms with Gasteiger partial charge in [0.1, 0.15) is 12.6 Å². The van der Waals surface area contributed by atoms with Crippen molar-refractivity contribution < 1.29 is 18.0 Å². The Morgan fingerprint density at radius 2 is 1.55 bits per heavy atom. The number of hydrogen-bond acceptors (Lipinski definition) is 4. The molecule has 1 atom stereocenters. The molecular weight excluding hydrogens is 593 g/mol. The van der Waals surface area contributed by atoms with Crippen LogP contribution in [0.15, 0.2) is 65.6 Å². The quantitative estimate of drug-likeness (QED) is 0.274. The Morgan fingerprint density at radius 1 is 0.905 bits per heavy atom. The van der Waals surface area contributed by atoms with Gasteiger partial charge in [-0.2, -0.15) is 0 Å². The molecule has 2 amide bonds. The first kappa shape index (κ1) is 31.9. The largest absolute Gasteiger partial charge is 0.352 e. The van der Waals surface area contributed by atoms with E-state index in [-0.39, 0.29) is 23.4 Å². The maximum absolute atomic E-state index is 14.2. The molecule has 0 spiro atoms. The maximum atomic E-state index is 14.2. The van der Waals surface area contributed by atoms with Gasteiger partial charge in [0.05, 0.1) is 20.6 Å². The number of rotatable bonds is 10. The van der Waals surface area contributed by atoms with Gasteiger partial charge in [-0.05, 0) is 87.6 Å². The highest BCUT2D eigenvalue weighted by atomic mass is 35.5. The molecule has 0 unspecified atom stereocenters. The molecule has 42 heavy (non-hydrogen) atoms. The van der Waals surface area contributed by atoms with Crippen LogP contribution in [0.25, 0.3) is 0 Å². The minimum atomic E-state index is -4.14. The third kappa shape index (κ3) is 7.46. The van der Waals surface area contributed by atoms with E-state index < -0.39 is 28.5 Å². The summed E-state index contributed by atoms with van der Waals surface area (Å²) in [5, 5.41) is 3.77. The smallest absolute Gasteiger partial charge is 0.264 e. The molecule has 0 aromatic heterocycles. The topological polar surface area (TPSA) is 86.8 Å². The molecule has 1 saturated carbocycles. The van der Waals surface area contributed by atoms with Crippen LogP contribution in [-0.2, 0) is 26.2 Å². The van der Waals surface area contributed by atoms with E-state index in [9.17, 15) is 18.0 Å². The third-order valence-electron chi connectivity index (χ3n) is 7.73. The van der Waals surface area contributed by atoms with Crippen LogP contribution in [0, 0.1) is 20.8 Å². The number of aryl methyl sites for hydroxylation is 3. The molecule has 7 nitrogen and oxygen atoms in total. The van der Waals surface area contributed by atoms with Crippen LogP contribution in [0.1, 0.15) is 54.9 Å². The third-order valence-corrected chi connectivity index (χ3v) is 10.2. The monoisotopic (exact) mass is 629 g/mol. The van der Waals surface area contributed by atoms with Crippen molar-refractivity contribution in [2.45, 2.75) is 76.9 Å². The Hall–Kier alpha value is -3.07. The van der Waals surface area contributed by atoms with E-state index in [2.05, 4.69) is 5.32 Å². The molecule has 0 bridgehead atoms. The molecular formula is C32H37Cl2N3O4S. The van der Waals surface area contributed by atoms with E-state index in [1.807, 2.05) is 32.9 Å². The zero-order chi connectivity index (χ0) is 30.6. The molecule has 1 fully saturated rings. The lowest BCUT2D eigenvalue weighted by Gasteiger charge is -2.33. The highest BCUT2D eigenvalue weighted by Gasteiger charge is 2.34. The fraction of sp³-hybridized carbons (Fsp3) is 0.375. The van der Waals surface area contributed by atoms with E-state index in [1.54, 1.807) is 55.5 Å². The second-order valence-corrected chi connectivity index (χ2v) is 13.7. The fourth-order valence-corrected chi connectivity index (χ4v) is 6.94. The van der Waals surface area contributed by atoms with Gasteiger partial charge in [0.15, 0.2) is 0 Å². The normalized spacial score (nSPS) is 14.4. The molecule has 10 heteroatoms. The minimum absolute atomic E-state index is 0.0419. The average Bonchev–Trinajstić information content (AvgIpc) is 3.46. The van der Waals surface area contributed by atoms with Gasteiger partial charge in [0, 0.05) is 12.6 Å². The molecule has 0 heterocycles. The van der Waals surface area contributed by atoms with Gasteiger partial charge in [-0.1, -0.05) is 71.9 Å². The van der Waals surface area contributed by atoms with Crippen molar-refractivity contribution in [1.82, 2.24) is 10.2 Å². The van der Waals surface area contributed by atoms with Crippen LogP contribution in [0.4, 0.5) is 5.69 Å². The second-order valence-electron chi connectivity index (χ2n) is 11.1. The van der Waals surface area contributed by atoms with Crippen molar-refractivity contribution in [1.29, 1.82) is 0 Å². The van der Waals surface area contributed by atoms with Gasteiger partial charge in [-0.15, -0.1) is 0 Å². The fourth-order valence-electron chi connectivity index (χ4n) is 5.15. The molecule has 1 aliphatic carbocycles. The van der Waals surface area contributed by atoms with Crippen molar-refractivity contribution in [3.63, 3.8) is 0 Å². The first-order valence-corrected chi connectivity index (χ1v) is 16.3. The highest BCUT2D eigenvalue weighted by Crippen LogP contribution is 2.29. The van der Waals surface area contributed by atoms with Crippen molar-refractivity contribution >= 4 is 50.7 Å². The molecule has 0 aliphatic heterocycles. The Balaban J connectivity index is 1.73. The summed E-state index contributed by atoms with van der Waals surface area (Å²) in [7, 11) is -4.14. The zero-order valence-electron chi connectivity index (χ0n) is 24.4. The summed E-state index contributed by atoms with van der Waals surface area (Å²) >= 11 is 12.4. The highest BCUT2D eigenvalue weighted by molar-refractivity contribution is 7.92. The second kappa shape index (κ2) is 13.5. The molecule has 224 valence electrons. The molecule has 3 aromatic rings. The van der Waals surface area contributed by atoms with Crippen molar-refractivity contribution in [2.24, 2.45) is 0 Å². The molecule has 1 N–H and O–H groups in total. The number of sulfonamides is 1. The van der Waals surface area contributed by atoms with Gasteiger partial charge >= 0.3 is 0 Å². The van der Waals surface area contributed by atoms with E-state index >= 15 is 0 Å². The standard InChI is InChI=1S/C32H37Cl2N3O4S/c1-21-10-14-27(15-11-21)42(40,41)37(30-17-22(2)9-12-23(30)3)20-31(38)36(19-25-13-16-28(33)29(34)18-25)24(4)32(39)35-26-7-5-6-8-26/h9-18,24,26H,5-8,19-20H2,1-4H3,(H,35,39)/t24-/m0/s1. The van der Waals surface area contributed by atoms with E-state index in [0.29, 0.717) is 26.9 Å². The van der Waals surface area contributed by atoms with Gasteiger partial charge in [-0.25, -0.2) is 8.42 Å². The van der Waals surface area contributed by atoms with Gasteiger partial charge in [0.25, 0.3) is 10.0 Å². The number of carbonyl (C=O) groups is 2. The average molecular weight is 631 g/mol. The summed E-state index contributed by atoms with van der Waals surface area (Å²) in [6.07, 6.45) is 3.89. The number of amides is 2. The molecule has 4 rings (SSSR count). The number of halogens is 2. The van der Waals surface area contributed by atoms with Crippen LogP contribution >= 0.6 is 23.2 Å². The Labute approximate surface area is 258 Å². The summed E-state index contributed by atoms with van der Waals surface area (Å²) in [6, 6.07) is 16.2. The van der Waals surface area contributed by atoms with Gasteiger partial charge < -0.3 is 10.2 Å². The predicted octanol–water partition coefficient (Wildman–Crippen LogP) is 6.59. The lowest BCUT2D eigenvalue weighted by molar-refractivity contribution is -0.139. The first-order chi connectivity index (χ1) is 19.9. The van der Waals surface area contributed by atoms with Crippen LogP contribution in [0.3, 0.4) is 0 Å². The predicted molar refractivity (Wildman–Crippen MR) is 168 cm³/mol. The van der Waals surface area contributed by atoms with Crippen LogP contribution < -0.4 is 9.62 Å². The Morgan fingerprint density at radius 3 is 2.19 bits per heavy atom. The molecule has 1 aliphatic rings. The number of hydrogen-bond donors (Lipinski definition) is 1. The summed E-state index contributed by atoms with van der Waals surface area (Å²) in [4.78, 5) is 29.0. The lowest BCUT2D eigenvalue weighted by Crippen LogP contribution is -2.52. The van der Waals surface area contributed by atoms with E-state index in [4.69, 9.17) is 23.2 Å². The molecule has 0 saturated heterocycles. The Bertz CT molecular complexity index is 1550. The summed E-state index contributed by atoms with van der Waals surface area (Å²) in [5.41, 5.74) is 3.54. The maximum Gasteiger partial charge on any atom is 0.264 e. The number of anilines is 1. The van der Waals surface area contributed by atoms with Crippen molar-refractivity contribution in [3.05, 3.63) is 93.0 Å². The zero-order valence-corrected chi connectivity index (χ0v) is 26.7. The molecule has 3 aromatic carbocycles. The number of nitrogens with one attached hydrogen (secondary N) is 1. The Kier molecular flexibility index (Phi) is 10.2. The van der Waals surface area contributed by atoms with E-state index in [0.717, 1.165) is 41.1 Å². The van der Waals surface area contributed by atoms with Crippen LogP contribution in [-0.4, -0.2) is 43.8 Å². The van der Waals surface area contributed by atoms with Crippen molar-refractivity contribution in [2.75, 3.05) is 10.8 Å². The van der Waals surface area contributed by atoms with Gasteiger partial charge in [-0.3, -0.25) is 13.9 Å². The minimum Gasteiger partial charge on any atom is -0.352 e. The van der Waals surface area contributed by atoms with Crippen LogP contribution in [0.5, 0.6) is 0 Å². The number of carbonyl (C=O) groups excluding carboxylic acids is 2. The van der Waals surface area contributed by atoms with E-state index in [1.165, 1.54) is 4.90 Å². The first-order valence-electron chi connectivity index (χ1n) is 14.1. The lowest BCUT2D eigenvalue weighted by atomic mass is 10.1. The van der Waals surface area contributed by atoms with Gasteiger partial charge in [0.2, 0.25) is 11.8 Å². The SMILES string of the molecule is Cc1ccc(S(=O)(=O)N(CC(=O)N(Cc2ccc(Cl)c(Cl)c2)[C@@H](C)C(=O)NC2CCCC2)c2cc(C)ccc2C)cc1. The van der Waals surface area contributed by atoms with Crippen molar-refractivity contribution in [3.8, 4) is 0 Å². The van der Waals surface area contributed by atoms with Crippen LogP contribution in [0.2, 0.25) is 10.0 Å². The molecule has 0 radical (unpaired) electrons. The summed E-state index contributed by atoms with van der Waals surface area (Å²) < 4.78 is 29.3. The summed E-state index contributed by atoms with van der Waals surface area (Å²) in [6.45, 7) is 6.76. The summed E-state index contributed by atoms with van der Waals surface area (Å²) in [5.74, 6) is -0.804. The number of nitrogens with zero attached hydrogens (tertiary/aromatic N) is 2. The number of benzene rings is 3.